The van der Waals surface area contributed by atoms with Crippen LogP contribution in [-0.2, 0) is 27.9 Å². The number of rotatable bonds is 7. The Morgan fingerprint density at radius 1 is 1.03 bits per heavy atom. The smallest absolute Gasteiger partial charge is 0.243 e. The van der Waals surface area contributed by atoms with Crippen molar-refractivity contribution in [3.63, 3.8) is 0 Å². The van der Waals surface area contributed by atoms with Crippen molar-refractivity contribution < 1.29 is 13.2 Å². The van der Waals surface area contributed by atoms with Crippen molar-refractivity contribution in [2.45, 2.75) is 44.7 Å². The molecule has 0 spiro atoms. The summed E-state index contributed by atoms with van der Waals surface area (Å²) in [5.74, 6) is -0.183. The van der Waals surface area contributed by atoms with E-state index in [1.165, 1.54) is 9.87 Å². The third-order valence-corrected chi connectivity index (χ3v) is 8.25. The molecule has 0 saturated carbocycles. The summed E-state index contributed by atoms with van der Waals surface area (Å²) >= 11 is 0. The van der Waals surface area contributed by atoms with E-state index in [4.69, 9.17) is 0 Å². The molecule has 1 amide bonds. The van der Waals surface area contributed by atoms with Crippen LogP contribution >= 0.6 is 0 Å². The first-order valence-corrected chi connectivity index (χ1v) is 12.7. The van der Waals surface area contributed by atoms with Crippen molar-refractivity contribution in [2.24, 2.45) is 5.92 Å². The highest BCUT2D eigenvalue weighted by atomic mass is 32.2. The molecule has 0 atom stereocenters. The normalized spacial score (nSPS) is 15.5. The summed E-state index contributed by atoms with van der Waals surface area (Å²) in [6.45, 7) is 5.82. The summed E-state index contributed by atoms with van der Waals surface area (Å²) in [5.41, 5.74) is 4.23. The van der Waals surface area contributed by atoms with Crippen LogP contribution in [0.25, 0.3) is 0 Å². The number of carbonyl (C=O) groups excluding carboxylic acids is 1. The Balaban J connectivity index is 1.27. The van der Waals surface area contributed by atoms with Gasteiger partial charge in [-0.2, -0.15) is 4.31 Å². The number of hydrogen-bond donors (Lipinski definition) is 1. The Kier molecular flexibility index (Phi) is 6.95. The van der Waals surface area contributed by atoms with Crippen LogP contribution in [0.4, 0.5) is 0 Å². The van der Waals surface area contributed by atoms with Crippen molar-refractivity contribution in [1.82, 2.24) is 19.2 Å². The first-order valence-electron chi connectivity index (χ1n) is 11.2. The van der Waals surface area contributed by atoms with Crippen molar-refractivity contribution in [1.29, 1.82) is 0 Å². The van der Waals surface area contributed by atoms with E-state index in [1.807, 2.05) is 42.8 Å². The highest BCUT2D eigenvalue weighted by Gasteiger charge is 2.32. The fourth-order valence-corrected chi connectivity index (χ4v) is 5.62. The SMILES string of the molecule is Cc1ccc(S(=O)(=O)N2CCC(C(=O)NCc3ccc(Cn4ccnc4)cc3)CC2)cc1C. The van der Waals surface area contributed by atoms with Gasteiger partial charge in [0.15, 0.2) is 0 Å². The van der Waals surface area contributed by atoms with Gasteiger partial charge in [-0.3, -0.25) is 4.79 Å². The second-order valence-electron chi connectivity index (χ2n) is 8.69. The molecule has 1 fully saturated rings. The van der Waals surface area contributed by atoms with E-state index in [1.54, 1.807) is 24.7 Å². The zero-order valence-corrected chi connectivity index (χ0v) is 19.9. The molecule has 174 valence electrons. The Morgan fingerprint density at radius 2 is 1.73 bits per heavy atom. The first-order chi connectivity index (χ1) is 15.8. The van der Waals surface area contributed by atoms with Gasteiger partial charge in [0.1, 0.15) is 0 Å². The van der Waals surface area contributed by atoms with E-state index in [-0.39, 0.29) is 11.8 Å². The lowest BCUT2D eigenvalue weighted by Gasteiger charge is -2.30. The number of aryl methyl sites for hydroxylation is 2. The van der Waals surface area contributed by atoms with Gasteiger partial charge in [0, 0.05) is 44.5 Å². The molecule has 0 bridgehead atoms. The molecule has 1 saturated heterocycles. The zero-order valence-electron chi connectivity index (χ0n) is 19.1. The quantitative estimate of drug-likeness (QED) is 0.579. The molecule has 8 heteroatoms. The number of piperidine rings is 1. The van der Waals surface area contributed by atoms with Gasteiger partial charge in [-0.25, -0.2) is 13.4 Å². The van der Waals surface area contributed by atoms with Gasteiger partial charge in [0.05, 0.1) is 11.2 Å². The maximum Gasteiger partial charge on any atom is 0.243 e. The second-order valence-corrected chi connectivity index (χ2v) is 10.6. The third kappa shape index (κ3) is 5.51. The van der Waals surface area contributed by atoms with E-state index in [9.17, 15) is 13.2 Å². The van der Waals surface area contributed by atoms with Crippen LogP contribution in [0.2, 0.25) is 0 Å². The summed E-state index contributed by atoms with van der Waals surface area (Å²) in [7, 11) is -3.53. The van der Waals surface area contributed by atoms with Gasteiger partial charge < -0.3 is 9.88 Å². The fourth-order valence-electron chi connectivity index (χ4n) is 4.07. The van der Waals surface area contributed by atoms with Crippen LogP contribution in [0.3, 0.4) is 0 Å². The number of hydrogen-bond acceptors (Lipinski definition) is 4. The lowest BCUT2D eigenvalue weighted by Crippen LogP contribution is -2.42. The Hall–Kier alpha value is -2.97. The Morgan fingerprint density at radius 3 is 2.36 bits per heavy atom. The average molecular weight is 467 g/mol. The number of nitrogens with zero attached hydrogens (tertiary/aromatic N) is 3. The van der Waals surface area contributed by atoms with Crippen molar-refractivity contribution in [3.05, 3.63) is 83.4 Å². The minimum atomic E-state index is -3.53. The number of sulfonamides is 1. The van der Waals surface area contributed by atoms with Crippen LogP contribution in [0.1, 0.15) is 35.1 Å². The molecule has 1 aliphatic rings. The summed E-state index contributed by atoms with van der Waals surface area (Å²) in [6, 6.07) is 13.4. The van der Waals surface area contributed by atoms with Crippen LogP contribution < -0.4 is 5.32 Å². The minimum Gasteiger partial charge on any atom is -0.352 e. The predicted molar refractivity (Wildman–Crippen MR) is 127 cm³/mol. The summed E-state index contributed by atoms with van der Waals surface area (Å²) in [5, 5.41) is 3.01. The Bertz CT molecular complexity index is 1200. The zero-order chi connectivity index (χ0) is 23.4. The van der Waals surface area contributed by atoms with E-state index in [2.05, 4.69) is 22.4 Å². The van der Waals surface area contributed by atoms with Crippen LogP contribution in [0, 0.1) is 19.8 Å². The minimum absolute atomic E-state index is 0.0132. The van der Waals surface area contributed by atoms with E-state index < -0.39 is 10.0 Å². The predicted octanol–water partition coefficient (Wildman–Crippen LogP) is 3.27. The van der Waals surface area contributed by atoms with Gasteiger partial charge >= 0.3 is 0 Å². The molecular formula is C25H30N4O3S. The second kappa shape index (κ2) is 9.89. The monoisotopic (exact) mass is 466 g/mol. The summed E-state index contributed by atoms with van der Waals surface area (Å²) in [4.78, 5) is 17.0. The van der Waals surface area contributed by atoms with Crippen LogP contribution in [0.15, 0.2) is 66.1 Å². The molecule has 0 aliphatic carbocycles. The van der Waals surface area contributed by atoms with E-state index in [0.29, 0.717) is 37.4 Å². The molecule has 2 heterocycles. The van der Waals surface area contributed by atoms with Crippen molar-refractivity contribution >= 4 is 15.9 Å². The van der Waals surface area contributed by atoms with Crippen molar-refractivity contribution in [2.75, 3.05) is 13.1 Å². The molecule has 2 aromatic carbocycles. The number of carbonyl (C=O) groups is 1. The topological polar surface area (TPSA) is 84.3 Å². The van der Waals surface area contributed by atoms with Gasteiger partial charge in [-0.05, 0) is 61.1 Å². The molecule has 7 nitrogen and oxygen atoms in total. The number of aromatic nitrogens is 2. The van der Waals surface area contributed by atoms with Crippen LogP contribution in [0.5, 0.6) is 0 Å². The van der Waals surface area contributed by atoms with E-state index >= 15 is 0 Å². The van der Waals surface area contributed by atoms with E-state index in [0.717, 1.165) is 23.2 Å². The average Bonchev–Trinajstić information content (AvgIpc) is 3.33. The number of amides is 1. The molecule has 0 unspecified atom stereocenters. The molecule has 0 radical (unpaired) electrons. The van der Waals surface area contributed by atoms with Gasteiger partial charge in [0.25, 0.3) is 0 Å². The van der Waals surface area contributed by atoms with Crippen LogP contribution in [-0.4, -0.2) is 41.3 Å². The van der Waals surface area contributed by atoms with Gasteiger partial charge in [-0.15, -0.1) is 0 Å². The fraction of sp³-hybridized carbons (Fsp3) is 0.360. The molecular weight excluding hydrogens is 436 g/mol. The summed E-state index contributed by atoms with van der Waals surface area (Å²) < 4.78 is 29.5. The standard InChI is InChI=1S/C25H30N4O3S/c1-19-3-8-24(15-20(19)2)33(31,32)29-12-9-23(10-13-29)25(30)27-16-21-4-6-22(7-5-21)17-28-14-11-26-18-28/h3-8,11,14-15,18,23H,9-10,12-13,16-17H2,1-2H3,(H,27,30). The van der Waals surface area contributed by atoms with Gasteiger partial charge in [0.2, 0.25) is 15.9 Å². The molecule has 1 N–H and O–H groups in total. The maximum absolute atomic E-state index is 13.0. The summed E-state index contributed by atoms with van der Waals surface area (Å²) in [6.07, 6.45) is 6.52. The van der Waals surface area contributed by atoms with Gasteiger partial charge in [-0.1, -0.05) is 30.3 Å². The molecule has 4 rings (SSSR count). The lowest BCUT2D eigenvalue weighted by molar-refractivity contribution is -0.126. The number of imidazole rings is 1. The number of benzene rings is 2. The Labute approximate surface area is 195 Å². The highest BCUT2D eigenvalue weighted by molar-refractivity contribution is 7.89. The van der Waals surface area contributed by atoms with Crippen molar-refractivity contribution in [3.8, 4) is 0 Å². The lowest BCUT2D eigenvalue weighted by atomic mass is 9.97. The highest BCUT2D eigenvalue weighted by Crippen LogP contribution is 2.25. The maximum atomic E-state index is 13.0. The largest absolute Gasteiger partial charge is 0.352 e. The molecule has 1 aromatic heterocycles. The number of nitrogens with one attached hydrogen (secondary N) is 1. The molecule has 3 aromatic rings. The first kappa shape index (κ1) is 23.2. The molecule has 33 heavy (non-hydrogen) atoms. The third-order valence-electron chi connectivity index (χ3n) is 6.35. The molecule has 1 aliphatic heterocycles.